The molecule has 0 N–H and O–H groups in total. The first-order chi connectivity index (χ1) is 10.4. The molecular formula is C18H12N2S. The maximum Gasteiger partial charge on any atom is 0.126 e. The van der Waals surface area contributed by atoms with Gasteiger partial charge in [-0.25, -0.2) is 4.98 Å². The second-order valence-electron chi connectivity index (χ2n) is 4.81. The van der Waals surface area contributed by atoms with Gasteiger partial charge in [-0.3, -0.25) is 4.98 Å². The van der Waals surface area contributed by atoms with Gasteiger partial charge in [-0.15, -0.1) is 11.3 Å². The van der Waals surface area contributed by atoms with Crippen LogP contribution in [-0.4, -0.2) is 9.97 Å². The van der Waals surface area contributed by atoms with E-state index in [2.05, 4.69) is 40.7 Å². The molecule has 100 valence electrons. The number of hydrogen-bond acceptors (Lipinski definition) is 3. The van der Waals surface area contributed by atoms with Crippen LogP contribution < -0.4 is 0 Å². The molecular weight excluding hydrogens is 276 g/mol. The van der Waals surface area contributed by atoms with Crippen LogP contribution in [0.4, 0.5) is 0 Å². The second-order valence-corrected chi connectivity index (χ2v) is 5.67. The third-order valence-electron chi connectivity index (χ3n) is 3.47. The van der Waals surface area contributed by atoms with Crippen molar-refractivity contribution in [3.05, 3.63) is 72.4 Å². The van der Waals surface area contributed by atoms with E-state index in [0.29, 0.717) is 0 Å². The predicted octanol–water partition coefficient (Wildman–Crippen LogP) is 5.03. The van der Waals surface area contributed by atoms with Gasteiger partial charge in [-0.05, 0) is 5.39 Å². The number of hydrogen-bond donors (Lipinski definition) is 0. The molecule has 2 heterocycles. The summed E-state index contributed by atoms with van der Waals surface area (Å²) in [4.78, 5) is 9.12. The van der Waals surface area contributed by atoms with Crippen molar-refractivity contribution in [3.8, 4) is 21.8 Å². The molecule has 2 nitrogen and oxygen atoms in total. The maximum atomic E-state index is 4.78. The van der Waals surface area contributed by atoms with E-state index in [9.17, 15) is 0 Å². The third kappa shape index (κ3) is 2.22. The maximum absolute atomic E-state index is 4.78. The highest BCUT2D eigenvalue weighted by molar-refractivity contribution is 7.13. The lowest BCUT2D eigenvalue weighted by molar-refractivity contribution is 1.34. The number of aromatic nitrogens is 2. The van der Waals surface area contributed by atoms with E-state index in [1.54, 1.807) is 11.3 Å². The topological polar surface area (TPSA) is 25.8 Å². The molecule has 0 bridgehead atoms. The van der Waals surface area contributed by atoms with Gasteiger partial charge in [0.05, 0.1) is 5.69 Å². The van der Waals surface area contributed by atoms with E-state index in [1.807, 2.05) is 36.7 Å². The van der Waals surface area contributed by atoms with Crippen molar-refractivity contribution in [3.63, 3.8) is 0 Å². The van der Waals surface area contributed by atoms with Crippen LogP contribution in [0.2, 0.25) is 0 Å². The van der Waals surface area contributed by atoms with Gasteiger partial charge in [0.1, 0.15) is 5.01 Å². The van der Waals surface area contributed by atoms with Gasteiger partial charge >= 0.3 is 0 Å². The largest absolute Gasteiger partial charge is 0.263 e. The van der Waals surface area contributed by atoms with Gasteiger partial charge in [-0.1, -0.05) is 54.6 Å². The summed E-state index contributed by atoms with van der Waals surface area (Å²) in [5.41, 5.74) is 3.26. The van der Waals surface area contributed by atoms with E-state index in [0.717, 1.165) is 27.2 Å². The Balaban J connectivity index is 1.85. The Morgan fingerprint density at radius 2 is 1.62 bits per heavy atom. The van der Waals surface area contributed by atoms with Gasteiger partial charge in [0.15, 0.2) is 0 Å². The molecule has 0 unspecified atom stereocenters. The zero-order valence-electron chi connectivity index (χ0n) is 11.2. The first-order valence-corrected chi connectivity index (χ1v) is 7.64. The highest BCUT2D eigenvalue weighted by Gasteiger charge is 2.09. The number of pyridine rings is 1. The van der Waals surface area contributed by atoms with E-state index < -0.39 is 0 Å². The second kappa shape index (κ2) is 5.11. The summed E-state index contributed by atoms with van der Waals surface area (Å²) >= 11 is 1.66. The average molecular weight is 288 g/mol. The lowest BCUT2D eigenvalue weighted by Gasteiger charge is -2.02. The van der Waals surface area contributed by atoms with Crippen molar-refractivity contribution in [1.82, 2.24) is 9.97 Å². The first kappa shape index (κ1) is 12.2. The molecule has 2 aromatic heterocycles. The Kier molecular flexibility index (Phi) is 2.98. The zero-order valence-corrected chi connectivity index (χ0v) is 12.0. The number of benzene rings is 2. The molecule has 4 aromatic rings. The van der Waals surface area contributed by atoms with Crippen molar-refractivity contribution in [2.24, 2.45) is 0 Å². The molecule has 3 heteroatoms. The van der Waals surface area contributed by atoms with Crippen molar-refractivity contribution < 1.29 is 0 Å². The summed E-state index contributed by atoms with van der Waals surface area (Å²) in [6.07, 6.45) is 3.79. The minimum absolute atomic E-state index is 1.01. The Morgan fingerprint density at radius 1 is 0.810 bits per heavy atom. The molecule has 0 spiro atoms. The predicted molar refractivity (Wildman–Crippen MR) is 88.3 cm³/mol. The molecule has 0 saturated heterocycles. The molecule has 2 aromatic carbocycles. The molecule has 0 aliphatic rings. The molecule has 4 rings (SSSR count). The smallest absolute Gasteiger partial charge is 0.126 e. The van der Waals surface area contributed by atoms with Crippen LogP contribution in [0, 0.1) is 0 Å². The van der Waals surface area contributed by atoms with Crippen LogP contribution in [0.1, 0.15) is 0 Å². The van der Waals surface area contributed by atoms with Crippen molar-refractivity contribution in [2.75, 3.05) is 0 Å². The van der Waals surface area contributed by atoms with Gasteiger partial charge < -0.3 is 0 Å². The third-order valence-corrected chi connectivity index (χ3v) is 4.35. The van der Waals surface area contributed by atoms with Crippen molar-refractivity contribution >= 4 is 22.1 Å². The van der Waals surface area contributed by atoms with Gasteiger partial charge in [0.2, 0.25) is 0 Å². The van der Waals surface area contributed by atoms with Crippen molar-refractivity contribution in [2.45, 2.75) is 0 Å². The van der Waals surface area contributed by atoms with E-state index in [-0.39, 0.29) is 0 Å². The Hall–Kier alpha value is -2.52. The fourth-order valence-electron chi connectivity index (χ4n) is 2.43. The number of nitrogens with zero attached hydrogens (tertiary/aromatic N) is 2. The summed E-state index contributed by atoms with van der Waals surface area (Å²) < 4.78 is 0. The summed E-state index contributed by atoms with van der Waals surface area (Å²) in [6, 6.07) is 18.5. The van der Waals surface area contributed by atoms with E-state index in [1.165, 1.54) is 5.39 Å². The van der Waals surface area contributed by atoms with Crippen LogP contribution in [0.15, 0.2) is 72.4 Å². The van der Waals surface area contributed by atoms with Crippen LogP contribution in [0.5, 0.6) is 0 Å². The lowest BCUT2D eigenvalue weighted by Crippen LogP contribution is -1.83. The SMILES string of the molecule is c1ccc(-c2csc(-c3cncc4ccccc34)n2)cc1. The molecule has 0 atom stereocenters. The normalized spacial score (nSPS) is 10.9. The molecule has 0 radical (unpaired) electrons. The zero-order chi connectivity index (χ0) is 14.1. The lowest BCUT2D eigenvalue weighted by atomic mass is 10.1. The highest BCUT2D eigenvalue weighted by atomic mass is 32.1. The summed E-state index contributed by atoms with van der Waals surface area (Å²) in [7, 11) is 0. The van der Waals surface area contributed by atoms with E-state index >= 15 is 0 Å². The summed E-state index contributed by atoms with van der Waals surface area (Å²) in [5.74, 6) is 0. The fourth-order valence-corrected chi connectivity index (χ4v) is 3.28. The Morgan fingerprint density at radius 3 is 2.52 bits per heavy atom. The number of fused-ring (bicyclic) bond motifs is 1. The van der Waals surface area contributed by atoms with Gasteiger partial charge in [-0.2, -0.15) is 0 Å². The van der Waals surface area contributed by atoms with Crippen LogP contribution in [0.25, 0.3) is 32.6 Å². The monoisotopic (exact) mass is 288 g/mol. The standard InChI is InChI=1S/C18H12N2S/c1-2-6-13(7-3-1)17-12-21-18(20-17)16-11-19-10-14-8-4-5-9-15(14)16/h1-12H. The molecule has 0 fully saturated rings. The van der Waals surface area contributed by atoms with Gasteiger partial charge in [0.25, 0.3) is 0 Å². The minimum atomic E-state index is 1.01. The summed E-state index contributed by atoms with van der Waals surface area (Å²) in [6.45, 7) is 0. The van der Waals surface area contributed by atoms with Crippen LogP contribution in [-0.2, 0) is 0 Å². The van der Waals surface area contributed by atoms with Crippen molar-refractivity contribution in [1.29, 1.82) is 0 Å². The first-order valence-electron chi connectivity index (χ1n) is 6.76. The minimum Gasteiger partial charge on any atom is -0.263 e. The summed E-state index contributed by atoms with van der Waals surface area (Å²) in [5, 5.41) is 5.46. The molecule has 0 amide bonds. The fraction of sp³-hybridized carbons (Fsp3) is 0. The highest BCUT2D eigenvalue weighted by Crippen LogP contribution is 2.32. The Bertz CT molecular complexity index is 892. The van der Waals surface area contributed by atoms with Crippen LogP contribution >= 0.6 is 11.3 Å². The quantitative estimate of drug-likeness (QED) is 0.517. The molecule has 0 aliphatic heterocycles. The molecule has 21 heavy (non-hydrogen) atoms. The van der Waals surface area contributed by atoms with Gasteiger partial charge in [0, 0.05) is 34.3 Å². The molecule has 0 saturated carbocycles. The number of thiazole rings is 1. The Labute approximate surface area is 126 Å². The number of rotatable bonds is 2. The van der Waals surface area contributed by atoms with Crippen LogP contribution in [0.3, 0.4) is 0 Å². The average Bonchev–Trinajstić information content (AvgIpc) is 3.05. The van der Waals surface area contributed by atoms with E-state index in [4.69, 9.17) is 4.98 Å². The molecule has 0 aliphatic carbocycles.